The van der Waals surface area contributed by atoms with Crippen LogP contribution in [0.3, 0.4) is 0 Å². The second kappa shape index (κ2) is 4.52. The predicted octanol–water partition coefficient (Wildman–Crippen LogP) is 2.69. The van der Waals surface area contributed by atoms with Gasteiger partial charge in [-0.25, -0.2) is 4.79 Å². The van der Waals surface area contributed by atoms with Crippen LogP contribution in [-0.2, 0) is 9.53 Å². The molecule has 0 aliphatic heterocycles. The van der Waals surface area contributed by atoms with Crippen molar-refractivity contribution in [1.29, 1.82) is 0 Å². The molecule has 15 heavy (non-hydrogen) atoms. The van der Waals surface area contributed by atoms with Crippen LogP contribution in [0.15, 0.2) is 0 Å². The van der Waals surface area contributed by atoms with Crippen LogP contribution in [0.2, 0.25) is 0 Å². The van der Waals surface area contributed by atoms with Gasteiger partial charge in [0.15, 0.2) is 5.60 Å². The van der Waals surface area contributed by atoms with E-state index in [2.05, 4.69) is 6.92 Å². The predicted molar refractivity (Wildman–Crippen MR) is 58.8 cm³/mol. The summed E-state index contributed by atoms with van der Waals surface area (Å²) in [6, 6.07) is 0. The molecule has 1 saturated carbocycles. The van der Waals surface area contributed by atoms with Gasteiger partial charge in [-0.15, -0.1) is 0 Å². The third-order valence-corrected chi connectivity index (χ3v) is 3.35. The summed E-state index contributed by atoms with van der Waals surface area (Å²) in [5.74, 6) is -0.250. The van der Waals surface area contributed by atoms with E-state index in [0.29, 0.717) is 12.3 Å². The fourth-order valence-corrected chi connectivity index (χ4v) is 2.52. The molecular formula is C12H22O3. The van der Waals surface area contributed by atoms with Crippen molar-refractivity contribution < 1.29 is 14.6 Å². The van der Waals surface area contributed by atoms with Crippen molar-refractivity contribution in [2.75, 3.05) is 0 Å². The Kier molecular flexibility index (Phi) is 3.77. The molecule has 3 nitrogen and oxygen atoms in total. The summed E-state index contributed by atoms with van der Waals surface area (Å²) < 4.78 is 5.72. The van der Waals surface area contributed by atoms with E-state index in [9.17, 15) is 9.90 Å². The van der Waals surface area contributed by atoms with Crippen molar-refractivity contribution in [3.05, 3.63) is 0 Å². The van der Waals surface area contributed by atoms with E-state index < -0.39 is 11.6 Å². The zero-order chi connectivity index (χ0) is 11.6. The first-order chi connectivity index (χ1) is 6.88. The Morgan fingerprint density at radius 2 is 2.00 bits per heavy atom. The van der Waals surface area contributed by atoms with Gasteiger partial charge < -0.3 is 9.84 Å². The lowest BCUT2D eigenvalue weighted by Gasteiger charge is -2.42. The van der Waals surface area contributed by atoms with Gasteiger partial charge in [0.2, 0.25) is 0 Å². The van der Waals surface area contributed by atoms with Crippen molar-refractivity contribution in [2.24, 2.45) is 11.8 Å². The van der Waals surface area contributed by atoms with Crippen LogP contribution in [0.4, 0.5) is 0 Å². The van der Waals surface area contributed by atoms with Crippen LogP contribution in [-0.4, -0.2) is 22.8 Å². The third-order valence-electron chi connectivity index (χ3n) is 3.35. The van der Waals surface area contributed by atoms with Gasteiger partial charge in [0.25, 0.3) is 0 Å². The molecule has 3 heteroatoms. The molecule has 0 amide bonds. The van der Waals surface area contributed by atoms with Gasteiger partial charge in [0.1, 0.15) is 0 Å². The Labute approximate surface area is 91.8 Å². The Hall–Kier alpha value is -0.570. The molecule has 1 rings (SSSR count). The lowest BCUT2D eigenvalue weighted by atomic mass is 9.72. The van der Waals surface area contributed by atoms with Crippen LogP contribution in [0.5, 0.6) is 0 Å². The molecule has 0 aromatic rings. The molecule has 1 fully saturated rings. The van der Waals surface area contributed by atoms with Crippen LogP contribution in [0, 0.1) is 11.8 Å². The van der Waals surface area contributed by atoms with Crippen molar-refractivity contribution >= 4 is 5.97 Å². The highest BCUT2D eigenvalue weighted by Crippen LogP contribution is 2.40. The van der Waals surface area contributed by atoms with E-state index in [1.165, 1.54) is 0 Å². The van der Waals surface area contributed by atoms with Gasteiger partial charge in [-0.05, 0) is 38.5 Å². The molecule has 88 valence electrons. The van der Waals surface area contributed by atoms with E-state index in [1.54, 1.807) is 0 Å². The van der Waals surface area contributed by atoms with E-state index in [-0.39, 0.29) is 12.0 Å². The average molecular weight is 214 g/mol. The number of hydrogen-bond acceptors (Lipinski definition) is 2. The van der Waals surface area contributed by atoms with Crippen molar-refractivity contribution in [3.63, 3.8) is 0 Å². The monoisotopic (exact) mass is 214 g/mol. The molecule has 0 aromatic heterocycles. The van der Waals surface area contributed by atoms with Gasteiger partial charge in [-0.3, -0.25) is 0 Å². The number of carboxylic acid groups (broad SMARTS) is 1. The van der Waals surface area contributed by atoms with E-state index >= 15 is 0 Å². The molecule has 3 unspecified atom stereocenters. The summed E-state index contributed by atoms with van der Waals surface area (Å²) in [4.78, 5) is 11.4. The number of ether oxygens (including phenoxy) is 1. The average Bonchev–Trinajstić information content (AvgIpc) is 2.10. The van der Waals surface area contributed by atoms with Crippen LogP contribution < -0.4 is 0 Å². The maximum absolute atomic E-state index is 11.4. The number of hydrogen-bond donors (Lipinski definition) is 1. The number of carboxylic acids is 1. The summed E-state index contributed by atoms with van der Waals surface area (Å²) in [7, 11) is 0. The molecule has 3 atom stereocenters. The van der Waals surface area contributed by atoms with Gasteiger partial charge in [-0.2, -0.15) is 0 Å². The van der Waals surface area contributed by atoms with Gasteiger partial charge in [-0.1, -0.05) is 20.3 Å². The van der Waals surface area contributed by atoms with E-state index in [4.69, 9.17) is 4.74 Å². The summed E-state index contributed by atoms with van der Waals surface area (Å²) in [6.45, 7) is 7.89. The standard InChI is InChI=1S/C12H22O3/c1-8(2)15-12(11(13)14)7-9(3)5-6-10(12)4/h8-10H,5-7H2,1-4H3,(H,13,14). The van der Waals surface area contributed by atoms with Gasteiger partial charge in [0.05, 0.1) is 6.10 Å². The van der Waals surface area contributed by atoms with Crippen LogP contribution in [0.25, 0.3) is 0 Å². The molecule has 0 spiro atoms. The highest BCUT2D eigenvalue weighted by molar-refractivity contribution is 5.78. The zero-order valence-electron chi connectivity index (χ0n) is 10.1. The van der Waals surface area contributed by atoms with Crippen molar-refractivity contribution in [2.45, 2.75) is 58.7 Å². The van der Waals surface area contributed by atoms with Gasteiger partial charge in [0, 0.05) is 0 Å². The summed E-state index contributed by atoms with van der Waals surface area (Å²) in [5, 5.41) is 9.40. The Balaban J connectivity index is 2.90. The SMILES string of the molecule is CC1CCC(C)C(OC(C)C)(C(=O)O)C1. The second-order valence-corrected chi connectivity index (χ2v) is 5.15. The van der Waals surface area contributed by atoms with Crippen molar-refractivity contribution in [1.82, 2.24) is 0 Å². The van der Waals surface area contributed by atoms with Crippen LogP contribution >= 0.6 is 0 Å². The number of carbonyl (C=O) groups is 1. The maximum atomic E-state index is 11.4. The quantitative estimate of drug-likeness (QED) is 0.785. The molecule has 1 N–H and O–H groups in total. The number of rotatable bonds is 3. The first-order valence-corrected chi connectivity index (χ1v) is 5.79. The third kappa shape index (κ3) is 2.51. The molecule has 0 aromatic carbocycles. The van der Waals surface area contributed by atoms with Crippen LogP contribution in [0.1, 0.15) is 47.0 Å². The maximum Gasteiger partial charge on any atom is 0.336 e. The molecule has 0 bridgehead atoms. The lowest BCUT2D eigenvalue weighted by molar-refractivity contribution is -0.190. The minimum Gasteiger partial charge on any atom is -0.479 e. The Morgan fingerprint density at radius 3 is 2.47 bits per heavy atom. The second-order valence-electron chi connectivity index (χ2n) is 5.15. The normalized spacial score (nSPS) is 36.9. The summed E-state index contributed by atoms with van der Waals surface area (Å²) >= 11 is 0. The van der Waals surface area contributed by atoms with Gasteiger partial charge >= 0.3 is 5.97 Å². The first kappa shape index (κ1) is 12.5. The van der Waals surface area contributed by atoms with E-state index in [1.807, 2.05) is 20.8 Å². The minimum atomic E-state index is -0.953. The first-order valence-electron chi connectivity index (χ1n) is 5.79. The minimum absolute atomic E-state index is 0.0335. The highest BCUT2D eigenvalue weighted by Gasteiger charge is 2.48. The number of aliphatic carboxylic acids is 1. The summed E-state index contributed by atoms with van der Waals surface area (Å²) in [5.41, 5.74) is -0.953. The zero-order valence-corrected chi connectivity index (χ0v) is 10.1. The fourth-order valence-electron chi connectivity index (χ4n) is 2.52. The molecule has 1 aliphatic carbocycles. The van der Waals surface area contributed by atoms with E-state index in [0.717, 1.165) is 12.8 Å². The highest BCUT2D eigenvalue weighted by atomic mass is 16.5. The summed E-state index contributed by atoms with van der Waals surface area (Å²) in [6.07, 6.45) is 2.66. The Morgan fingerprint density at radius 1 is 1.40 bits per heavy atom. The fraction of sp³-hybridized carbons (Fsp3) is 0.917. The molecule has 1 aliphatic rings. The lowest BCUT2D eigenvalue weighted by Crippen LogP contribution is -2.52. The molecule has 0 heterocycles. The topological polar surface area (TPSA) is 46.5 Å². The smallest absolute Gasteiger partial charge is 0.336 e. The van der Waals surface area contributed by atoms with Crippen molar-refractivity contribution in [3.8, 4) is 0 Å². The molecular weight excluding hydrogens is 192 g/mol. The molecule has 0 saturated heterocycles. The Bertz CT molecular complexity index is 233. The largest absolute Gasteiger partial charge is 0.479 e. The molecule has 0 radical (unpaired) electrons.